The second-order valence-corrected chi connectivity index (χ2v) is 21.8. The summed E-state index contributed by atoms with van der Waals surface area (Å²) < 4.78 is 0. The van der Waals surface area contributed by atoms with Crippen molar-refractivity contribution >= 4 is 76.3 Å². The fourth-order valence-electron chi connectivity index (χ4n) is 13.3. The minimum absolute atomic E-state index is 0.0584. The minimum atomic E-state index is -0.0584. The SMILES string of the molecule is C/C(=C\C=C/c1ccccc1)c1c2c(c(-c3cccc4ccccc34)c3cc(C(C)(C)C)ccc13)-c1ccc3c4c(ccc-2c14)-c1c-3c(-c2cccc3ccccc23)c2ccccc2c1-c1cccc2ccccc12. The highest BCUT2D eigenvalue weighted by Gasteiger charge is 2.38. The van der Waals surface area contributed by atoms with E-state index in [4.69, 9.17) is 0 Å². The third-order valence-corrected chi connectivity index (χ3v) is 16.6. The topological polar surface area (TPSA) is 0 Å². The number of benzene rings is 13. The van der Waals surface area contributed by atoms with Gasteiger partial charge in [0.15, 0.2) is 0 Å². The summed E-state index contributed by atoms with van der Waals surface area (Å²) in [5, 5.41) is 15.3. The predicted octanol–water partition coefficient (Wildman–Crippen LogP) is 21.3. The first-order chi connectivity index (χ1) is 36.8. The average molecular weight is 953 g/mol. The smallest absolute Gasteiger partial charge is 0.000718 e. The molecule has 0 saturated carbocycles. The van der Waals surface area contributed by atoms with Gasteiger partial charge in [-0.15, -0.1) is 0 Å². The van der Waals surface area contributed by atoms with Gasteiger partial charge in [0.2, 0.25) is 0 Å². The van der Waals surface area contributed by atoms with Crippen molar-refractivity contribution in [2.45, 2.75) is 33.1 Å². The zero-order chi connectivity index (χ0) is 50.1. The van der Waals surface area contributed by atoms with Crippen molar-refractivity contribution in [1.29, 1.82) is 0 Å². The van der Waals surface area contributed by atoms with E-state index in [0.717, 1.165) is 0 Å². The predicted molar refractivity (Wildman–Crippen MR) is 324 cm³/mol. The molecule has 75 heavy (non-hydrogen) atoms. The molecule has 0 radical (unpaired) electrons. The van der Waals surface area contributed by atoms with Crippen molar-refractivity contribution in [3.63, 3.8) is 0 Å². The molecule has 0 aliphatic heterocycles. The molecule has 0 bridgehead atoms. The molecule has 2 aliphatic rings. The molecule has 0 unspecified atom stereocenters. The Morgan fingerprint density at radius 1 is 0.320 bits per heavy atom. The number of fused-ring (bicyclic) bond motifs is 11. The molecular formula is C75H52. The van der Waals surface area contributed by atoms with Crippen molar-refractivity contribution < 1.29 is 0 Å². The standard InChI is InChI=1S/C75H52/c1-45(20-16-23-46-21-6-5-7-22-46)65-59-39-38-50(75(2,3)4)44-64(59)68(56-37-19-29-49-26-10-13-32-53(49)56)74-63-43-42-62-70-61(41-40-60(69(63)70)71(65)74)72-66(54-35-17-27-47-24-8-11-30-51(47)54)57-33-14-15-34-58(57)67(73(62)72)55-36-18-28-48-25-9-12-31-52(48)55/h5-44H,1-4H3/b23-16-,45-20+. The summed E-state index contributed by atoms with van der Waals surface area (Å²) in [4.78, 5) is 0. The molecule has 13 aromatic rings. The lowest BCUT2D eigenvalue weighted by molar-refractivity contribution is 0.591. The first-order valence-corrected chi connectivity index (χ1v) is 26.5. The number of allylic oxidation sites excluding steroid dienone is 3. The molecule has 0 spiro atoms. The van der Waals surface area contributed by atoms with Crippen molar-refractivity contribution in [3.8, 4) is 77.9 Å². The maximum Gasteiger partial charge on any atom is -0.000718 e. The van der Waals surface area contributed by atoms with Crippen LogP contribution in [0.4, 0.5) is 0 Å². The monoisotopic (exact) mass is 952 g/mol. The van der Waals surface area contributed by atoms with Gasteiger partial charge in [-0.25, -0.2) is 0 Å². The van der Waals surface area contributed by atoms with Crippen LogP contribution in [0.15, 0.2) is 237 Å². The molecule has 13 aromatic carbocycles. The summed E-state index contributed by atoms with van der Waals surface area (Å²) >= 11 is 0. The van der Waals surface area contributed by atoms with Gasteiger partial charge in [0, 0.05) is 0 Å². The van der Waals surface area contributed by atoms with E-state index in [9.17, 15) is 0 Å². The number of hydrogen-bond donors (Lipinski definition) is 0. The van der Waals surface area contributed by atoms with Crippen molar-refractivity contribution in [2.24, 2.45) is 0 Å². The van der Waals surface area contributed by atoms with Gasteiger partial charge in [-0.3, -0.25) is 0 Å². The fraction of sp³-hybridized carbons (Fsp3) is 0.0667. The van der Waals surface area contributed by atoms with E-state index < -0.39 is 0 Å². The quantitative estimate of drug-likeness (QED) is 0.146. The van der Waals surface area contributed by atoms with E-state index in [1.54, 1.807) is 0 Å². The van der Waals surface area contributed by atoms with Crippen molar-refractivity contribution in [1.82, 2.24) is 0 Å². The van der Waals surface area contributed by atoms with Gasteiger partial charge < -0.3 is 0 Å². The summed E-state index contributed by atoms with van der Waals surface area (Å²) in [5.41, 5.74) is 23.2. The second-order valence-electron chi connectivity index (χ2n) is 21.8. The molecule has 15 rings (SSSR count). The molecule has 0 nitrogen and oxygen atoms in total. The normalized spacial score (nSPS) is 12.8. The maximum atomic E-state index is 2.52. The number of rotatable bonds is 6. The number of hydrogen-bond acceptors (Lipinski definition) is 0. The van der Waals surface area contributed by atoms with Crippen LogP contribution >= 0.6 is 0 Å². The highest BCUT2D eigenvalue weighted by atomic mass is 14.4. The molecule has 352 valence electrons. The van der Waals surface area contributed by atoms with Gasteiger partial charge in [-0.1, -0.05) is 257 Å². The molecule has 2 aliphatic carbocycles. The third kappa shape index (κ3) is 6.43. The molecule has 0 amide bonds. The van der Waals surface area contributed by atoms with Crippen LogP contribution in [-0.2, 0) is 5.41 Å². The Hall–Kier alpha value is -9.10. The van der Waals surface area contributed by atoms with E-state index in [2.05, 4.69) is 270 Å². The van der Waals surface area contributed by atoms with Gasteiger partial charge in [0.05, 0.1) is 0 Å². The minimum Gasteiger partial charge on any atom is -0.0622 e. The Kier molecular flexibility index (Phi) is 9.54. The van der Waals surface area contributed by atoms with Gasteiger partial charge in [0.1, 0.15) is 0 Å². The first kappa shape index (κ1) is 43.5. The Morgan fingerprint density at radius 3 is 1.20 bits per heavy atom. The second kappa shape index (κ2) is 16.5. The van der Waals surface area contributed by atoms with Crippen LogP contribution in [0.1, 0.15) is 44.4 Å². The largest absolute Gasteiger partial charge is 0.0622 e. The van der Waals surface area contributed by atoms with Crippen LogP contribution in [0.5, 0.6) is 0 Å². The van der Waals surface area contributed by atoms with Gasteiger partial charge in [-0.05, 0) is 183 Å². The molecule has 0 heterocycles. The Morgan fingerprint density at radius 2 is 0.720 bits per heavy atom. The van der Waals surface area contributed by atoms with Crippen LogP contribution < -0.4 is 0 Å². The highest BCUT2D eigenvalue weighted by molar-refractivity contribution is 6.36. The summed E-state index contributed by atoms with van der Waals surface area (Å²) in [6.45, 7) is 9.35. The van der Waals surface area contributed by atoms with Crippen molar-refractivity contribution in [2.75, 3.05) is 0 Å². The summed E-state index contributed by atoms with van der Waals surface area (Å²) in [6, 6.07) is 84.6. The maximum absolute atomic E-state index is 2.52. The van der Waals surface area contributed by atoms with Crippen LogP contribution in [0.3, 0.4) is 0 Å². The fourth-order valence-corrected chi connectivity index (χ4v) is 13.3. The first-order valence-electron chi connectivity index (χ1n) is 26.5. The molecular weight excluding hydrogens is 901 g/mol. The molecule has 0 heteroatoms. The van der Waals surface area contributed by atoms with E-state index in [0.29, 0.717) is 0 Å². The molecule has 0 N–H and O–H groups in total. The van der Waals surface area contributed by atoms with Crippen LogP contribution in [0.25, 0.3) is 154 Å². The lowest BCUT2D eigenvalue weighted by Crippen LogP contribution is -2.11. The van der Waals surface area contributed by atoms with Crippen LogP contribution in [0.2, 0.25) is 0 Å². The lowest BCUT2D eigenvalue weighted by Gasteiger charge is -2.25. The van der Waals surface area contributed by atoms with Crippen molar-refractivity contribution in [3.05, 3.63) is 253 Å². The lowest BCUT2D eigenvalue weighted by atomic mass is 9.78. The van der Waals surface area contributed by atoms with Crippen LogP contribution in [0, 0.1) is 0 Å². The zero-order valence-electron chi connectivity index (χ0n) is 42.6. The molecule has 0 saturated heterocycles. The Balaban J connectivity index is 1.11. The van der Waals surface area contributed by atoms with E-state index in [1.807, 2.05) is 0 Å². The van der Waals surface area contributed by atoms with E-state index in [1.165, 1.54) is 165 Å². The highest BCUT2D eigenvalue weighted by Crippen LogP contribution is 2.65. The van der Waals surface area contributed by atoms with E-state index in [-0.39, 0.29) is 5.41 Å². The average Bonchev–Trinajstić information content (AvgIpc) is 4.06. The van der Waals surface area contributed by atoms with Crippen LogP contribution in [-0.4, -0.2) is 0 Å². The Labute approximate surface area is 438 Å². The molecule has 0 aromatic heterocycles. The summed E-state index contributed by atoms with van der Waals surface area (Å²) in [5.74, 6) is 0. The molecule has 0 atom stereocenters. The zero-order valence-corrected chi connectivity index (χ0v) is 42.6. The van der Waals surface area contributed by atoms with Gasteiger partial charge in [-0.2, -0.15) is 0 Å². The van der Waals surface area contributed by atoms with E-state index >= 15 is 0 Å². The summed E-state index contributed by atoms with van der Waals surface area (Å²) in [7, 11) is 0. The third-order valence-electron chi connectivity index (χ3n) is 16.6. The summed E-state index contributed by atoms with van der Waals surface area (Å²) in [6.07, 6.45) is 6.81. The Bertz CT molecular complexity index is 4520. The van der Waals surface area contributed by atoms with Gasteiger partial charge >= 0.3 is 0 Å². The molecule has 0 fully saturated rings. The van der Waals surface area contributed by atoms with Gasteiger partial charge in [0.25, 0.3) is 0 Å².